The van der Waals surface area contributed by atoms with Crippen LogP contribution in [0.25, 0.3) is 0 Å². The number of rotatable bonds is 2. The topological polar surface area (TPSA) is 46.2 Å². The number of hydrogen-bond acceptors (Lipinski definition) is 2. The molecule has 68 valence electrons. The van der Waals surface area contributed by atoms with Crippen molar-refractivity contribution in [1.82, 2.24) is 0 Å². The number of nitrogens with two attached hydrogens (primary N) is 1. The SMILES string of the molecule is CC(C)C(O)(CN)C(F)(F)F. The van der Waals surface area contributed by atoms with E-state index in [1.54, 1.807) is 0 Å². The van der Waals surface area contributed by atoms with E-state index in [1.807, 2.05) is 0 Å². The monoisotopic (exact) mass is 171 g/mol. The van der Waals surface area contributed by atoms with Crippen LogP contribution in [0, 0.1) is 5.92 Å². The summed E-state index contributed by atoms with van der Waals surface area (Å²) in [6.45, 7) is 1.76. The summed E-state index contributed by atoms with van der Waals surface area (Å²) >= 11 is 0. The summed E-state index contributed by atoms with van der Waals surface area (Å²) in [6, 6.07) is 0. The van der Waals surface area contributed by atoms with Crippen LogP contribution in [0.5, 0.6) is 0 Å². The first-order chi connectivity index (χ1) is 4.75. The molecule has 0 saturated carbocycles. The molecule has 0 rings (SSSR count). The predicted octanol–water partition coefficient (Wildman–Crippen LogP) is 0.895. The average Bonchev–Trinajstić information content (AvgIpc) is 1.83. The Labute approximate surface area is 63.2 Å². The molecule has 5 heteroatoms. The third-order valence-electron chi connectivity index (χ3n) is 1.76. The Balaban J connectivity index is 4.61. The maximum absolute atomic E-state index is 12.0. The predicted molar refractivity (Wildman–Crippen MR) is 34.9 cm³/mol. The van der Waals surface area contributed by atoms with Crippen molar-refractivity contribution in [2.75, 3.05) is 6.54 Å². The van der Waals surface area contributed by atoms with Gasteiger partial charge in [0.25, 0.3) is 0 Å². The van der Waals surface area contributed by atoms with Gasteiger partial charge in [0.15, 0.2) is 5.60 Å². The third kappa shape index (κ3) is 1.84. The van der Waals surface area contributed by atoms with Crippen molar-refractivity contribution in [3.05, 3.63) is 0 Å². The molecule has 0 aliphatic heterocycles. The molecule has 1 atom stereocenters. The molecule has 0 aromatic carbocycles. The molecule has 0 aromatic rings. The molecule has 0 aliphatic rings. The minimum atomic E-state index is -4.64. The molecule has 0 heterocycles. The van der Waals surface area contributed by atoms with Crippen molar-refractivity contribution in [3.63, 3.8) is 0 Å². The molecule has 1 unspecified atom stereocenters. The number of alkyl halides is 3. The van der Waals surface area contributed by atoms with Gasteiger partial charge in [-0.15, -0.1) is 0 Å². The lowest BCUT2D eigenvalue weighted by Crippen LogP contribution is -2.55. The zero-order valence-corrected chi connectivity index (χ0v) is 6.44. The van der Waals surface area contributed by atoms with Gasteiger partial charge >= 0.3 is 6.18 Å². The Morgan fingerprint density at radius 2 is 1.73 bits per heavy atom. The van der Waals surface area contributed by atoms with Gasteiger partial charge in [-0.3, -0.25) is 0 Å². The van der Waals surface area contributed by atoms with Gasteiger partial charge in [0.05, 0.1) is 0 Å². The van der Waals surface area contributed by atoms with Crippen molar-refractivity contribution < 1.29 is 18.3 Å². The Bertz CT molecular complexity index is 134. The molecule has 11 heavy (non-hydrogen) atoms. The van der Waals surface area contributed by atoms with Crippen molar-refractivity contribution >= 4 is 0 Å². The first-order valence-electron chi connectivity index (χ1n) is 3.25. The van der Waals surface area contributed by atoms with E-state index < -0.39 is 24.2 Å². The molecular formula is C6H12F3NO. The second kappa shape index (κ2) is 2.98. The standard InChI is InChI=1S/C6H12F3NO/c1-4(2)5(11,3-10)6(7,8)9/h4,11H,3,10H2,1-2H3. The maximum atomic E-state index is 12.0. The van der Waals surface area contributed by atoms with Gasteiger partial charge in [0.1, 0.15) is 0 Å². The lowest BCUT2D eigenvalue weighted by Gasteiger charge is -2.32. The van der Waals surface area contributed by atoms with Crippen LogP contribution in [0.3, 0.4) is 0 Å². The van der Waals surface area contributed by atoms with Crippen LogP contribution < -0.4 is 5.73 Å². The Morgan fingerprint density at radius 3 is 1.73 bits per heavy atom. The van der Waals surface area contributed by atoms with Crippen LogP contribution in [0.1, 0.15) is 13.8 Å². The van der Waals surface area contributed by atoms with Crippen molar-refractivity contribution in [3.8, 4) is 0 Å². The minimum Gasteiger partial charge on any atom is -0.379 e. The Kier molecular flexibility index (Phi) is 2.91. The van der Waals surface area contributed by atoms with Crippen molar-refractivity contribution in [1.29, 1.82) is 0 Å². The van der Waals surface area contributed by atoms with E-state index in [2.05, 4.69) is 0 Å². The first kappa shape index (κ1) is 10.7. The largest absolute Gasteiger partial charge is 0.418 e. The zero-order valence-electron chi connectivity index (χ0n) is 6.44. The summed E-state index contributed by atoms with van der Waals surface area (Å²) < 4.78 is 36.1. The van der Waals surface area contributed by atoms with E-state index >= 15 is 0 Å². The molecule has 0 spiro atoms. The van der Waals surface area contributed by atoms with Crippen molar-refractivity contribution in [2.45, 2.75) is 25.6 Å². The molecule has 0 fully saturated rings. The third-order valence-corrected chi connectivity index (χ3v) is 1.76. The highest BCUT2D eigenvalue weighted by molar-refractivity contribution is 4.90. The highest BCUT2D eigenvalue weighted by Gasteiger charge is 2.54. The van der Waals surface area contributed by atoms with E-state index in [0.29, 0.717) is 0 Å². The van der Waals surface area contributed by atoms with Gasteiger partial charge < -0.3 is 10.8 Å². The first-order valence-corrected chi connectivity index (χ1v) is 3.25. The van der Waals surface area contributed by atoms with Gasteiger partial charge in [0.2, 0.25) is 0 Å². The quantitative estimate of drug-likeness (QED) is 0.648. The molecular weight excluding hydrogens is 159 g/mol. The number of halogens is 3. The fourth-order valence-corrected chi connectivity index (χ4v) is 0.679. The van der Waals surface area contributed by atoms with Crippen molar-refractivity contribution in [2.24, 2.45) is 11.7 Å². The van der Waals surface area contributed by atoms with Crippen LogP contribution in [0.4, 0.5) is 13.2 Å². The van der Waals surface area contributed by atoms with Crippen LogP contribution >= 0.6 is 0 Å². The van der Waals surface area contributed by atoms with Crippen LogP contribution in [-0.4, -0.2) is 23.4 Å². The average molecular weight is 171 g/mol. The highest BCUT2D eigenvalue weighted by atomic mass is 19.4. The van der Waals surface area contributed by atoms with E-state index in [9.17, 15) is 13.2 Å². The Hall–Kier alpha value is -0.290. The van der Waals surface area contributed by atoms with Crippen LogP contribution in [0.2, 0.25) is 0 Å². The zero-order chi connectivity index (χ0) is 9.28. The van der Waals surface area contributed by atoms with Crippen LogP contribution in [-0.2, 0) is 0 Å². The van der Waals surface area contributed by atoms with Gasteiger partial charge in [-0.25, -0.2) is 0 Å². The fourth-order valence-electron chi connectivity index (χ4n) is 0.679. The highest BCUT2D eigenvalue weighted by Crippen LogP contribution is 2.35. The van der Waals surface area contributed by atoms with Gasteiger partial charge in [-0.05, 0) is 5.92 Å². The molecule has 0 aliphatic carbocycles. The Morgan fingerprint density at radius 1 is 1.36 bits per heavy atom. The summed E-state index contributed by atoms with van der Waals surface area (Å²) in [5, 5.41) is 8.98. The van der Waals surface area contributed by atoms with Gasteiger partial charge in [-0.1, -0.05) is 13.8 Å². The van der Waals surface area contributed by atoms with E-state index in [1.165, 1.54) is 13.8 Å². The summed E-state index contributed by atoms with van der Waals surface area (Å²) in [4.78, 5) is 0. The molecule has 0 bridgehead atoms. The second-order valence-corrected chi connectivity index (χ2v) is 2.78. The molecule has 3 N–H and O–H groups in total. The van der Waals surface area contributed by atoms with E-state index in [0.717, 1.165) is 0 Å². The minimum absolute atomic E-state index is 0.797. The normalized spacial score (nSPS) is 18.5. The summed E-state index contributed by atoms with van der Waals surface area (Å²) in [6.07, 6.45) is -4.64. The maximum Gasteiger partial charge on any atom is 0.418 e. The fraction of sp³-hybridized carbons (Fsp3) is 1.00. The molecule has 0 amide bonds. The lowest BCUT2D eigenvalue weighted by atomic mass is 9.90. The molecule has 2 nitrogen and oxygen atoms in total. The van der Waals surface area contributed by atoms with Crippen LogP contribution in [0.15, 0.2) is 0 Å². The summed E-state index contributed by atoms with van der Waals surface area (Å²) in [5.41, 5.74) is 2.08. The molecule has 0 radical (unpaired) electrons. The number of aliphatic hydroxyl groups is 1. The van der Waals surface area contributed by atoms with E-state index in [4.69, 9.17) is 10.8 Å². The molecule has 0 saturated heterocycles. The lowest BCUT2D eigenvalue weighted by molar-refractivity contribution is -0.271. The van der Waals surface area contributed by atoms with Gasteiger partial charge in [-0.2, -0.15) is 13.2 Å². The smallest absolute Gasteiger partial charge is 0.379 e. The number of hydrogen-bond donors (Lipinski definition) is 2. The second-order valence-electron chi connectivity index (χ2n) is 2.78. The van der Waals surface area contributed by atoms with Gasteiger partial charge in [0, 0.05) is 6.54 Å². The summed E-state index contributed by atoms with van der Waals surface area (Å²) in [7, 11) is 0. The molecule has 0 aromatic heterocycles. The summed E-state index contributed by atoms with van der Waals surface area (Å²) in [5.74, 6) is -0.924. The van der Waals surface area contributed by atoms with E-state index in [-0.39, 0.29) is 0 Å².